The Hall–Kier alpha value is -2.58. The van der Waals surface area contributed by atoms with Gasteiger partial charge in [0.25, 0.3) is 5.91 Å². The number of nitrogens with one attached hydrogen (secondary N) is 3. The number of amides is 1. The molecule has 1 aliphatic heterocycles. The molecular formula is C20H22F3N3O2. The first-order valence-corrected chi connectivity index (χ1v) is 8.96. The summed E-state index contributed by atoms with van der Waals surface area (Å²) in [6.45, 7) is 1.90. The van der Waals surface area contributed by atoms with Gasteiger partial charge in [-0.15, -0.1) is 0 Å². The van der Waals surface area contributed by atoms with Crippen LogP contribution in [0.4, 0.5) is 13.2 Å². The van der Waals surface area contributed by atoms with Crippen molar-refractivity contribution in [3.63, 3.8) is 0 Å². The molecule has 0 aromatic heterocycles. The second-order valence-electron chi connectivity index (χ2n) is 6.62. The number of carbonyl (C=O) groups excluding carboxylic acids is 1. The Morgan fingerprint density at radius 1 is 1.14 bits per heavy atom. The summed E-state index contributed by atoms with van der Waals surface area (Å²) in [4.78, 5) is 12.4. The second kappa shape index (κ2) is 8.62. The van der Waals surface area contributed by atoms with Gasteiger partial charge in [0.05, 0.1) is 12.7 Å². The normalized spacial score (nSPS) is 14.9. The summed E-state index contributed by atoms with van der Waals surface area (Å²) in [6.07, 6.45) is -3.90. The fourth-order valence-corrected chi connectivity index (χ4v) is 3.16. The second-order valence-corrected chi connectivity index (χ2v) is 6.62. The van der Waals surface area contributed by atoms with Gasteiger partial charge in [-0.25, -0.2) is 0 Å². The van der Waals surface area contributed by atoms with Gasteiger partial charge >= 0.3 is 6.18 Å². The number of ether oxygens (including phenoxy) is 1. The van der Waals surface area contributed by atoms with Crippen LogP contribution < -0.4 is 20.9 Å². The van der Waals surface area contributed by atoms with Crippen molar-refractivity contribution in [2.24, 2.45) is 0 Å². The molecule has 2 aromatic rings. The Labute approximate surface area is 161 Å². The molecule has 150 valence electrons. The Kier molecular flexibility index (Phi) is 6.21. The van der Waals surface area contributed by atoms with Crippen molar-refractivity contribution in [3.05, 3.63) is 64.7 Å². The molecule has 2 aromatic carbocycles. The number of hydrogen-bond acceptors (Lipinski definition) is 4. The topological polar surface area (TPSA) is 62.4 Å². The lowest BCUT2D eigenvalue weighted by molar-refractivity contribution is -0.137. The molecule has 0 bridgehead atoms. The number of alkyl halides is 3. The van der Waals surface area contributed by atoms with Crippen molar-refractivity contribution in [1.29, 1.82) is 0 Å². The smallest absolute Gasteiger partial charge is 0.416 e. The molecule has 0 aliphatic carbocycles. The SMILES string of the molecule is COc1cc(C(=O)NCCc2ccc(C(F)(F)F)cc2)ccc1C1CNNC1. The standard InChI is InChI=1S/C20H22F3N3O2/c1-28-18-10-14(4-7-17(18)15-11-25-26-12-15)19(27)24-9-8-13-2-5-16(6-3-13)20(21,22)23/h2-7,10,15,25-26H,8-9,11-12H2,1H3,(H,24,27). The van der Waals surface area contributed by atoms with Crippen molar-refractivity contribution >= 4 is 5.91 Å². The third kappa shape index (κ3) is 4.82. The molecule has 1 fully saturated rings. The molecule has 3 N–H and O–H groups in total. The minimum Gasteiger partial charge on any atom is -0.496 e. The lowest BCUT2D eigenvalue weighted by Gasteiger charge is -2.15. The number of benzene rings is 2. The fourth-order valence-electron chi connectivity index (χ4n) is 3.16. The minimum atomic E-state index is -4.34. The highest BCUT2D eigenvalue weighted by Crippen LogP contribution is 2.29. The molecule has 0 radical (unpaired) electrons. The molecule has 0 unspecified atom stereocenters. The van der Waals surface area contributed by atoms with Gasteiger partial charge in [0.1, 0.15) is 5.75 Å². The van der Waals surface area contributed by atoms with E-state index in [1.165, 1.54) is 12.1 Å². The van der Waals surface area contributed by atoms with E-state index in [0.29, 0.717) is 24.3 Å². The summed E-state index contributed by atoms with van der Waals surface area (Å²) in [5, 5.41) is 2.79. The molecule has 28 heavy (non-hydrogen) atoms. The van der Waals surface area contributed by atoms with Crippen molar-refractivity contribution in [2.75, 3.05) is 26.7 Å². The van der Waals surface area contributed by atoms with Gasteiger partial charge < -0.3 is 10.1 Å². The quantitative estimate of drug-likeness (QED) is 0.706. The molecule has 5 nitrogen and oxygen atoms in total. The van der Waals surface area contributed by atoms with Crippen molar-refractivity contribution in [2.45, 2.75) is 18.5 Å². The maximum Gasteiger partial charge on any atom is 0.416 e. The Balaban J connectivity index is 1.57. The van der Waals surface area contributed by atoms with Crippen LogP contribution in [0.25, 0.3) is 0 Å². The number of methoxy groups -OCH3 is 1. The van der Waals surface area contributed by atoms with Crippen molar-refractivity contribution in [1.82, 2.24) is 16.2 Å². The van der Waals surface area contributed by atoms with E-state index in [1.807, 2.05) is 6.07 Å². The highest BCUT2D eigenvalue weighted by atomic mass is 19.4. The largest absolute Gasteiger partial charge is 0.496 e. The van der Waals surface area contributed by atoms with Crippen molar-refractivity contribution < 1.29 is 22.7 Å². The summed E-state index contributed by atoms with van der Waals surface area (Å²) >= 11 is 0. The first-order valence-electron chi connectivity index (χ1n) is 8.96. The number of carbonyl (C=O) groups is 1. The predicted octanol–water partition coefficient (Wildman–Crippen LogP) is 2.88. The van der Waals surface area contributed by atoms with E-state index in [-0.39, 0.29) is 11.8 Å². The van der Waals surface area contributed by atoms with Gasteiger partial charge in [-0.05, 0) is 41.8 Å². The molecule has 1 amide bonds. The fraction of sp³-hybridized carbons (Fsp3) is 0.350. The third-order valence-corrected chi connectivity index (χ3v) is 4.74. The zero-order valence-electron chi connectivity index (χ0n) is 15.4. The average molecular weight is 393 g/mol. The predicted molar refractivity (Wildman–Crippen MR) is 99.2 cm³/mol. The zero-order valence-corrected chi connectivity index (χ0v) is 15.4. The molecule has 0 spiro atoms. The van der Waals surface area contributed by atoms with E-state index < -0.39 is 11.7 Å². The van der Waals surface area contributed by atoms with Crippen LogP contribution in [0.15, 0.2) is 42.5 Å². The van der Waals surface area contributed by atoms with E-state index in [2.05, 4.69) is 16.2 Å². The van der Waals surface area contributed by atoms with E-state index in [0.717, 1.165) is 36.3 Å². The highest BCUT2D eigenvalue weighted by molar-refractivity contribution is 5.94. The van der Waals surface area contributed by atoms with Crippen LogP contribution in [0.2, 0.25) is 0 Å². The first-order chi connectivity index (χ1) is 13.4. The van der Waals surface area contributed by atoms with Crippen molar-refractivity contribution in [3.8, 4) is 5.75 Å². The monoisotopic (exact) mass is 393 g/mol. The van der Waals surface area contributed by atoms with Gasteiger partial charge in [0, 0.05) is 31.1 Å². The van der Waals surface area contributed by atoms with Crippen LogP contribution in [0.1, 0.15) is 33.0 Å². The minimum absolute atomic E-state index is 0.251. The van der Waals surface area contributed by atoms with E-state index >= 15 is 0 Å². The van der Waals surface area contributed by atoms with Gasteiger partial charge in [-0.2, -0.15) is 13.2 Å². The van der Waals surface area contributed by atoms with Crippen LogP contribution >= 0.6 is 0 Å². The number of rotatable bonds is 6. The van der Waals surface area contributed by atoms with Gasteiger partial charge in [-0.1, -0.05) is 18.2 Å². The van der Waals surface area contributed by atoms with E-state index in [9.17, 15) is 18.0 Å². The van der Waals surface area contributed by atoms with Crippen LogP contribution in [-0.4, -0.2) is 32.7 Å². The Bertz CT molecular complexity index is 816. The molecule has 0 saturated carbocycles. The summed E-state index contributed by atoms with van der Waals surface area (Å²) in [7, 11) is 1.57. The lowest BCUT2D eigenvalue weighted by Crippen LogP contribution is -2.25. The summed E-state index contributed by atoms with van der Waals surface area (Å²) in [5.74, 6) is 0.678. The maximum absolute atomic E-state index is 12.6. The Morgan fingerprint density at radius 3 is 2.43 bits per heavy atom. The zero-order chi connectivity index (χ0) is 20.1. The first kappa shape index (κ1) is 20.2. The number of halogens is 3. The average Bonchev–Trinajstić information content (AvgIpc) is 3.21. The van der Waals surface area contributed by atoms with Gasteiger partial charge in [0.2, 0.25) is 0 Å². The van der Waals surface area contributed by atoms with E-state index in [1.54, 1.807) is 19.2 Å². The van der Waals surface area contributed by atoms with Crippen LogP contribution in [-0.2, 0) is 12.6 Å². The molecular weight excluding hydrogens is 371 g/mol. The Morgan fingerprint density at radius 2 is 1.82 bits per heavy atom. The third-order valence-electron chi connectivity index (χ3n) is 4.74. The van der Waals surface area contributed by atoms with Gasteiger partial charge in [-0.3, -0.25) is 15.6 Å². The highest BCUT2D eigenvalue weighted by Gasteiger charge is 2.29. The number of hydrogen-bond donors (Lipinski definition) is 3. The lowest BCUT2D eigenvalue weighted by atomic mass is 9.97. The van der Waals surface area contributed by atoms with Crippen LogP contribution in [0.3, 0.4) is 0 Å². The van der Waals surface area contributed by atoms with Crippen LogP contribution in [0.5, 0.6) is 5.75 Å². The van der Waals surface area contributed by atoms with Crippen LogP contribution in [0, 0.1) is 0 Å². The van der Waals surface area contributed by atoms with E-state index in [4.69, 9.17) is 4.74 Å². The molecule has 3 rings (SSSR count). The molecule has 1 saturated heterocycles. The summed E-state index contributed by atoms with van der Waals surface area (Å²) < 4.78 is 43.2. The summed E-state index contributed by atoms with van der Waals surface area (Å²) in [6, 6.07) is 10.3. The van der Waals surface area contributed by atoms with Gasteiger partial charge in [0.15, 0.2) is 0 Å². The molecule has 0 atom stereocenters. The number of hydrazine groups is 1. The molecule has 1 aliphatic rings. The maximum atomic E-state index is 12.6. The molecule has 8 heteroatoms. The molecule has 1 heterocycles. The summed E-state index contributed by atoms with van der Waals surface area (Å²) in [5.41, 5.74) is 7.69.